The molecule has 0 aliphatic heterocycles. The van der Waals surface area contributed by atoms with E-state index < -0.39 is 5.41 Å². The van der Waals surface area contributed by atoms with Crippen LogP contribution in [-0.4, -0.2) is 4.57 Å². The van der Waals surface area contributed by atoms with Crippen LogP contribution in [0.25, 0.3) is 71.3 Å². The summed E-state index contributed by atoms with van der Waals surface area (Å²) in [6.07, 6.45) is 0. The molecule has 274 valence electrons. The highest BCUT2D eigenvalue weighted by Gasteiger charge is 2.50. The van der Waals surface area contributed by atoms with Crippen LogP contribution in [0.4, 0.5) is 17.1 Å². The standard InChI is InChI=1S/C57H36N2/c1-2-19-39(20-3-1)59-54-29-11-8-24-46(54)47-34-32-41(36-55(47)59)58(53-30-14-16-37-15-4-5-21-42(37)53)40-31-33-45-43-22-6-9-26-49(43)57(52(45)35-40)50-27-10-7-23-44(50)48-25-12-17-38-18-13-28-51(57)56(38)48/h1-36H/i12D,13D,17D,18D,25D,28D. The molecule has 2 heteroatoms. The topological polar surface area (TPSA) is 8.17 Å². The normalized spacial score (nSPS) is 16.3. The second-order valence-electron chi connectivity index (χ2n) is 15.5. The molecule has 59 heavy (non-hydrogen) atoms. The lowest BCUT2D eigenvalue weighted by Gasteiger charge is -2.40. The van der Waals surface area contributed by atoms with Crippen molar-refractivity contribution in [1.82, 2.24) is 4.57 Å². The summed E-state index contributed by atoms with van der Waals surface area (Å²) < 4.78 is 58.2. The van der Waals surface area contributed by atoms with Gasteiger partial charge in [0.15, 0.2) is 0 Å². The van der Waals surface area contributed by atoms with Gasteiger partial charge in [0.05, 0.1) is 30.4 Å². The monoisotopic (exact) mass is 754 g/mol. The summed E-state index contributed by atoms with van der Waals surface area (Å²) >= 11 is 0. The predicted octanol–water partition coefficient (Wildman–Crippen LogP) is 14.9. The largest absolute Gasteiger partial charge is 0.310 e. The Morgan fingerprint density at radius 2 is 1.03 bits per heavy atom. The van der Waals surface area contributed by atoms with Crippen LogP contribution in [0.5, 0.6) is 0 Å². The molecule has 0 N–H and O–H groups in total. The number of benzene rings is 10. The van der Waals surface area contributed by atoms with E-state index in [9.17, 15) is 6.85 Å². The van der Waals surface area contributed by atoms with Gasteiger partial charge in [0, 0.05) is 33.2 Å². The fraction of sp³-hybridized carbons (Fsp3) is 0.0175. The molecule has 2 aliphatic carbocycles. The van der Waals surface area contributed by atoms with Gasteiger partial charge in [-0.3, -0.25) is 0 Å². The minimum Gasteiger partial charge on any atom is -0.310 e. The average molecular weight is 755 g/mol. The van der Waals surface area contributed by atoms with Gasteiger partial charge in [-0.05, 0) is 109 Å². The summed E-state index contributed by atoms with van der Waals surface area (Å²) in [6, 6.07) is 61.9. The van der Waals surface area contributed by atoms with Crippen molar-refractivity contribution in [2.75, 3.05) is 4.90 Å². The summed E-state index contributed by atoms with van der Waals surface area (Å²) in [7, 11) is 0. The lowest BCUT2D eigenvalue weighted by atomic mass is 9.61. The third-order valence-corrected chi connectivity index (χ3v) is 12.7. The zero-order valence-electron chi connectivity index (χ0n) is 37.7. The van der Waals surface area contributed by atoms with Gasteiger partial charge in [0.2, 0.25) is 0 Å². The second kappa shape index (κ2) is 12.2. The molecule has 13 rings (SSSR count). The first-order valence-electron chi connectivity index (χ1n) is 23.0. The van der Waals surface area contributed by atoms with Crippen molar-refractivity contribution in [2.24, 2.45) is 0 Å². The number of fused-ring (bicyclic) bond motifs is 13. The number of hydrogen-bond donors (Lipinski definition) is 0. The number of rotatable bonds is 4. The van der Waals surface area contributed by atoms with Crippen molar-refractivity contribution >= 4 is 60.4 Å². The molecule has 10 aromatic carbocycles. The number of aromatic nitrogens is 1. The Bertz CT molecular complexity index is 3860. The number of para-hydroxylation sites is 2. The minimum absolute atomic E-state index is 0.117. The lowest BCUT2D eigenvalue weighted by Crippen LogP contribution is -2.32. The molecule has 2 aliphatic rings. The third-order valence-electron chi connectivity index (χ3n) is 12.7. The van der Waals surface area contributed by atoms with E-state index in [0.717, 1.165) is 88.7 Å². The van der Waals surface area contributed by atoms with Crippen LogP contribution in [0.3, 0.4) is 0 Å². The summed E-state index contributed by atoms with van der Waals surface area (Å²) in [5, 5.41) is 5.04. The molecule has 0 amide bonds. The fourth-order valence-corrected chi connectivity index (χ4v) is 10.4. The molecule has 0 fully saturated rings. The molecule has 11 aromatic rings. The Morgan fingerprint density at radius 3 is 1.88 bits per heavy atom. The third kappa shape index (κ3) is 4.35. The summed E-state index contributed by atoms with van der Waals surface area (Å²) in [5.41, 5.74) is 11.1. The van der Waals surface area contributed by atoms with Crippen LogP contribution >= 0.6 is 0 Å². The first-order chi connectivity index (χ1) is 31.8. The quantitative estimate of drug-likeness (QED) is 0.174. The summed E-state index contributed by atoms with van der Waals surface area (Å²) in [6.45, 7) is 0. The van der Waals surface area contributed by atoms with Crippen molar-refractivity contribution in [2.45, 2.75) is 5.41 Å². The molecule has 0 radical (unpaired) electrons. The van der Waals surface area contributed by atoms with Gasteiger partial charge < -0.3 is 9.47 Å². The van der Waals surface area contributed by atoms with E-state index >= 15 is 0 Å². The fourth-order valence-electron chi connectivity index (χ4n) is 10.4. The van der Waals surface area contributed by atoms with Gasteiger partial charge in [-0.1, -0.05) is 170 Å². The first-order valence-corrected chi connectivity index (χ1v) is 20.0. The highest BCUT2D eigenvalue weighted by atomic mass is 15.1. The maximum Gasteiger partial charge on any atom is 0.0726 e. The zero-order valence-corrected chi connectivity index (χ0v) is 31.7. The van der Waals surface area contributed by atoms with Crippen LogP contribution < -0.4 is 4.90 Å². The van der Waals surface area contributed by atoms with Crippen LogP contribution in [0.2, 0.25) is 0 Å². The van der Waals surface area contributed by atoms with Crippen molar-refractivity contribution in [1.29, 1.82) is 0 Å². The van der Waals surface area contributed by atoms with E-state index in [4.69, 9.17) is 1.37 Å². The van der Waals surface area contributed by atoms with E-state index in [0.29, 0.717) is 16.5 Å². The second-order valence-corrected chi connectivity index (χ2v) is 15.5. The Kier molecular flexibility index (Phi) is 5.57. The van der Waals surface area contributed by atoms with Crippen LogP contribution in [0, 0.1) is 0 Å². The SMILES string of the molecule is [2H]c1c([2H])c2c3c(c([2H])c([2H])c([2H])c3c1[2H])C1(c3ccccc3-c3ccc(N(c4ccc5c6ccccc6n(-c6ccccc6)c5c4)c4cccc5ccccc45)cc31)c1ccccc1-2. The summed E-state index contributed by atoms with van der Waals surface area (Å²) in [5.74, 6) is 0. The highest BCUT2D eigenvalue weighted by molar-refractivity contribution is 6.11. The summed E-state index contributed by atoms with van der Waals surface area (Å²) in [4.78, 5) is 2.32. The Balaban J connectivity index is 1.16. The van der Waals surface area contributed by atoms with Gasteiger partial charge >= 0.3 is 0 Å². The van der Waals surface area contributed by atoms with Gasteiger partial charge in [-0.25, -0.2) is 0 Å². The van der Waals surface area contributed by atoms with Crippen molar-refractivity contribution in [3.63, 3.8) is 0 Å². The molecule has 1 unspecified atom stereocenters. The maximum atomic E-state index is 9.88. The highest BCUT2D eigenvalue weighted by Crippen LogP contribution is 2.62. The minimum atomic E-state index is -1.18. The van der Waals surface area contributed by atoms with Crippen molar-refractivity contribution in [3.05, 3.63) is 240 Å². The Labute approximate surface area is 350 Å². The zero-order chi connectivity index (χ0) is 43.9. The Morgan fingerprint density at radius 1 is 0.407 bits per heavy atom. The molecule has 0 saturated heterocycles. The van der Waals surface area contributed by atoms with Gasteiger partial charge in [0.1, 0.15) is 0 Å². The van der Waals surface area contributed by atoms with Crippen molar-refractivity contribution < 1.29 is 8.22 Å². The number of anilines is 3. The molecular weight excluding hydrogens is 713 g/mol. The van der Waals surface area contributed by atoms with Crippen LogP contribution in [0.15, 0.2) is 218 Å². The van der Waals surface area contributed by atoms with Crippen molar-refractivity contribution in [3.8, 4) is 27.9 Å². The first kappa shape index (κ1) is 27.0. The van der Waals surface area contributed by atoms with Crippen LogP contribution in [0.1, 0.15) is 30.5 Å². The lowest BCUT2D eigenvalue weighted by molar-refractivity contribution is 0.773. The molecular formula is C57H36N2. The number of hydrogen-bond acceptors (Lipinski definition) is 1. The van der Waals surface area contributed by atoms with E-state index in [1.54, 1.807) is 0 Å². The molecule has 0 saturated carbocycles. The molecule has 2 nitrogen and oxygen atoms in total. The van der Waals surface area contributed by atoms with E-state index in [1.165, 1.54) is 0 Å². The van der Waals surface area contributed by atoms with Gasteiger partial charge in [-0.2, -0.15) is 0 Å². The smallest absolute Gasteiger partial charge is 0.0726 e. The van der Waals surface area contributed by atoms with Gasteiger partial charge in [0.25, 0.3) is 0 Å². The molecule has 1 spiro atoms. The van der Waals surface area contributed by atoms with Gasteiger partial charge in [-0.15, -0.1) is 0 Å². The molecule has 1 aromatic heterocycles. The number of nitrogens with zero attached hydrogens (tertiary/aromatic N) is 2. The average Bonchev–Trinajstić information content (AvgIpc) is 3.83. The Hall–Kier alpha value is -7.68. The predicted molar refractivity (Wildman–Crippen MR) is 247 cm³/mol. The maximum absolute atomic E-state index is 9.88. The van der Waals surface area contributed by atoms with E-state index in [2.05, 4.69) is 155 Å². The van der Waals surface area contributed by atoms with E-state index in [1.807, 2.05) is 36.4 Å². The molecule has 0 bridgehead atoms. The molecule has 1 atom stereocenters. The van der Waals surface area contributed by atoms with Crippen LogP contribution in [-0.2, 0) is 5.41 Å². The molecule has 1 heterocycles. The van der Waals surface area contributed by atoms with E-state index in [-0.39, 0.29) is 41.6 Å².